The second kappa shape index (κ2) is 6.04. The normalized spacial score (nSPS) is 27.8. The second-order valence-electron chi connectivity index (χ2n) is 9.26. The van der Waals surface area contributed by atoms with Crippen molar-refractivity contribution in [2.75, 3.05) is 6.26 Å². The second-order valence-corrected chi connectivity index (χ2v) is 12.3. The van der Waals surface area contributed by atoms with E-state index in [-0.39, 0.29) is 22.6 Å². The maximum Gasteiger partial charge on any atom is 0.287 e. The van der Waals surface area contributed by atoms with E-state index in [9.17, 15) is 13.2 Å². The lowest BCUT2D eigenvalue weighted by Crippen LogP contribution is -2.76. The largest absolute Gasteiger partial charge is 0.454 e. The summed E-state index contributed by atoms with van der Waals surface area (Å²) in [6.45, 7) is 0. The molecule has 9 heteroatoms. The van der Waals surface area contributed by atoms with Gasteiger partial charge in [0.1, 0.15) is 15.5 Å². The molecule has 1 amide bonds. The molecular weight excluding hydrogens is 434 g/mol. The van der Waals surface area contributed by atoms with E-state index in [1.54, 1.807) is 12.1 Å². The topological polar surface area (TPSA) is 102 Å². The fourth-order valence-corrected chi connectivity index (χ4v) is 7.39. The van der Waals surface area contributed by atoms with E-state index in [1.165, 1.54) is 17.8 Å². The number of benzene rings is 1. The summed E-state index contributed by atoms with van der Waals surface area (Å²) in [6.07, 6.45) is 4.83. The predicted octanol–water partition coefficient (Wildman–Crippen LogP) is 3.44. The van der Waals surface area contributed by atoms with Crippen molar-refractivity contribution in [3.8, 4) is 11.4 Å². The molecule has 31 heavy (non-hydrogen) atoms. The Balaban J connectivity index is 1.13. The number of nitrogens with one attached hydrogen (secondary N) is 1. The van der Waals surface area contributed by atoms with Crippen LogP contribution in [0.4, 0.5) is 0 Å². The summed E-state index contributed by atoms with van der Waals surface area (Å²) < 4.78 is 33.4. The molecule has 2 bridgehead atoms. The molecule has 3 aromatic rings. The summed E-state index contributed by atoms with van der Waals surface area (Å²) in [7, 11) is -3.27. The zero-order valence-electron chi connectivity index (χ0n) is 16.9. The number of furan rings is 1. The third-order valence-corrected chi connectivity index (χ3v) is 10.0. The first-order valence-corrected chi connectivity index (χ1v) is 12.9. The van der Waals surface area contributed by atoms with Gasteiger partial charge in [-0.25, -0.2) is 13.4 Å². The van der Waals surface area contributed by atoms with Crippen molar-refractivity contribution in [3.63, 3.8) is 0 Å². The zero-order valence-corrected chi connectivity index (χ0v) is 18.6. The van der Waals surface area contributed by atoms with Crippen LogP contribution in [0, 0.1) is 0 Å². The molecule has 4 saturated carbocycles. The average Bonchev–Trinajstić information content (AvgIpc) is 3.13. The van der Waals surface area contributed by atoms with Gasteiger partial charge in [0.25, 0.3) is 5.91 Å². The van der Waals surface area contributed by atoms with E-state index in [0.29, 0.717) is 18.6 Å². The van der Waals surface area contributed by atoms with E-state index in [1.807, 2.05) is 30.3 Å². The molecule has 0 aliphatic heterocycles. The molecule has 0 spiro atoms. The van der Waals surface area contributed by atoms with Crippen LogP contribution in [-0.2, 0) is 20.0 Å². The Hall–Kier alpha value is -2.52. The third kappa shape index (κ3) is 2.75. The van der Waals surface area contributed by atoms with Gasteiger partial charge in [-0.3, -0.25) is 4.79 Å². The van der Waals surface area contributed by atoms with E-state index >= 15 is 0 Å². The Kier molecular flexibility index (Phi) is 3.74. The quantitative estimate of drug-likeness (QED) is 0.611. The van der Waals surface area contributed by atoms with Crippen LogP contribution >= 0.6 is 11.5 Å². The minimum absolute atomic E-state index is 0.0145. The summed E-state index contributed by atoms with van der Waals surface area (Å²) in [5, 5.41) is 4.14. The molecule has 160 valence electrons. The van der Waals surface area contributed by atoms with Gasteiger partial charge in [-0.1, -0.05) is 30.3 Å². The molecule has 7 nitrogen and oxygen atoms in total. The minimum atomic E-state index is -3.27. The van der Waals surface area contributed by atoms with Gasteiger partial charge in [0, 0.05) is 22.8 Å². The van der Waals surface area contributed by atoms with Crippen molar-refractivity contribution in [2.45, 2.75) is 47.8 Å². The Morgan fingerprint density at radius 1 is 1.10 bits per heavy atom. The predicted molar refractivity (Wildman–Crippen MR) is 116 cm³/mol. The minimum Gasteiger partial charge on any atom is -0.454 e. The molecule has 0 saturated heterocycles. The fraction of sp³-hybridized carbons (Fsp3) is 0.409. The lowest BCUT2D eigenvalue weighted by atomic mass is 9.39. The van der Waals surface area contributed by atoms with Crippen LogP contribution in [0.15, 0.2) is 46.9 Å². The van der Waals surface area contributed by atoms with Crippen molar-refractivity contribution < 1.29 is 17.6 Å². The maximum absolute atomic E-state index is 12.7. The van der Waals surface area contributed by atoms with Gasteiger partial charge in [-0.15, -0.1) is 0 Å². The number of hydrogen-bond acceptors (Lipinski definition) is 7. The van der Waals surface area contributed by atoms with E-state index in [2.05, 4.69) is 9.69 Å². The summed E-state index contributed by atoms with van der Waals surface area (Å²) in [6, 6.07) is 13.1. The van der Waals surface area contributed by atoms with Crippen molar-refractivity contribution in [1.29, 1.82) is 0 Å². The summed E-state index contributed by atoms with van der Waals surface area (Å²) in [4.78, 5) is 17.5. The van der Waals surface area contributed by atoms with Gasteiger partial charge in [-0.05, 0) is 55.8 Å². The van der Waals surface area contributed by atoms with Crippen molar-refractivity contribution >= 4 is 27.3 Å². The van der Waals surface area contributed by atoms with Crippen LogP contribution in [-0.4, -0.2) is 35.5 Å². The Labute approximate surface area is 184 Å². The smallest absolute Gasteiger partial charge is 0.287 e. The maximum atomic E-state index is 12.7. The molecule has 4 fully saturated rings. The molecule has 4 aliphatic rings. The molecule has 4 aliphatic carbocycles. The highest BCUT2D eigenvalue weighted by Gasteiger charge is 2.70. The van der Waals surface area contributed by atoms with Crippen LogP contribution in [0.1, 0.15) is 53.4 Å². The monoisotopic (exact) mass is 455 g/mol. The molecule has 0 unspecified atom stereocenters. The number of rotatable bonds is 6. The van der Waals surface area contributed by atoms with Crippen LogP contribution in [0.3, 0.4) is 0 Å². The van der Waals surface area contributed by atoms with E-state index in [4.69, 9.17) is 9.40 Å². The highest BCUT2D eigenvalue weighted by molar-refractivity contribution is 7.91. The number of nitrogens with zero attached hydrogens (tertiary/aromatic N) is 2. The molecular formula is C22H21N3O4S2. The number of carbonyl (C=O) groups is 1. The standard InChI is InChI=1S/C22H21N3O4S2/c1-31(27,28)22(9-10-22)16-8-7-15(29-16)18(26)24-21-11-20(12-21,13-21)19-23-17(25-30-19)14-5-3-2-4-6-14/h2-8H,9-13H2,1H3,(H,24,26). The lowest BCUT2D eigenvalue weighted by molar-refractivity contribution is -0.0812. The van der Waals surface area contributed by atoms with Gasteiger partial charge < -0.3 is 9.73 Å². The van der Waals surface area contributed by atoms with Crippen LogP contribution in [0.5, 0.6) is 0 Å². The van der Waals surface area contributed by atoms with E-state index < -0.39 is 14.6 Å². The first-order chi connectivity index (χ1) is 14.7. The first-order valence-electron chi connectivity index (χ1n) is 10.3. The SMILES string of the molecule is CS(=O)(=O)C1(c2ccc(C(=O)NC34CC(c5nc(-c6ccccc6)ns5)(C3)C4)o2)CC1. The molecule has 2 aromatic heterocycles. The number of carbonyl (C=O) groups excluding carboxylic acids is 1. The van der Waals surface area contributed by atoms with Crippen molar-refractivity contribution in [3.05, 3.63) is 59.0 Å². The van der Waals surface area contributed by atoms with Crippen molar-refractivity contribution in [2.24, 2.45) is 0 Å². The van der Waals surface area contributed by atoms with Gasteiger partial charge in [-0.2, -0.15) is 4.37 Å². The van der Waals surface area contributed by atoms with Gasteiger partial charge in [0.2, 0.25) is 0 Å². The van der Waals surface area contributed by atoms with E-state index in [0.717, 1.165) is 35.7 Å². The van der Waals surface area contributed by atoms with Crippen LogP contribution < -0.4 is 5.32 Å². The summed E-state index contributed by atoms with van der Waals surface area (Å²) in [5.74, 6) is 1.01. The first kappa shape index (κ1) is 19.2. The fourth-order valence-electron chi connectivity index (χ4n) is 5.21. The van der Waals surface area contributed by atoms with Gasteiger partial charge in [0.15, 0.2) is 21.4 Å². The molecule has 2 heterocycles. The average molecular weight is 456 g/mol. The third-order valence-electron chi connectivity index (χ3n) is 7.01. The van der Waals surface area contributed by atoms with Gasteiger partial charge >= 0.3 is 0 Å². The molecule has 7 rings (SSSR count). The number of sulfone groups is 1. The lowest BCUT2D eigenvalue weighted by Gasteiger charge is -2.69. The Morgan fingerprint density at radius 3 is 2.45 bits per heavy atom. The summed E-state index contributed by atoms with van der Waals surface area (Å²) in [5.41, 5.74) is 0.799. The zero-order chi connectivity index (χ0) is 21.5. The number of aromatic nitrogens is 2. The molecule has 1 aromatic carbocycles. The van der Waals surface area contributed by atoms with Crippen LogP contribution in [0.25, 0.3) is 11.4 Å². The molecule has 0 atom stereocenters. The number of hydrogen-bond donors (Lipinski definition) is 1. The highest BCUT2D eigenvalue weighted by Crippen LogP contribution is 2.68. The van der Waals surface area contributed by atoms with Crippen LogP contribution in [0.2, 0.25) is 0 Å². The highest BCUT2D eigenvalue weighted by atomic mass is 32.2. The molecule has 0 radical (unpaired) electrons. The Bertz CT molecular complexity index is 1290. The number of amides is 1. The summed E-state index contributed by atoms with van der Waals surface area (Å²) >= 11 is 1.45. The van der Waals surface area contributed by atoms with Crippen molar-refractivity contribution in [1.82, 2.24) is 14.7 Å². The van der Waals surface area contributed by atoms with Gasteiger partial charge in [0.05, 0.1) is 0 Å². The molecule has 1 N–H and O–H groups in total. The Morgan fingerprint density at radius 2 is 1.81 bits per heavy atom.